The van der Waals surface area contributed by atoms with Crippen molar-refractivity contribution in [1.82, 2.24) is 4.98 Å². The summed E-state index contributed by atoms with van der Waals surface area (Å²) in [6.07, 6.45) is 4.88. The van der Waals surface area contributed by atoms with Gasteiger partial charge in [-0.05, 0) is 43.7 Å². The first-order valence-electron chi connectivity index (χ1n) is 6.78. The van der Waals surface area contributed by atoms with Crippen LogP contribution < -0.4 is 11.1 Å². The number of aliphatic hydroxyl groups is 1. The highest BCUT2D eigenvalue weighted by molar-refractivity contribution is 5.49. The summed E-state index contributed by atoms with van der Waals surface area (Å²) in [6, 6.07) is 3.80. The van der Waals surface area contributed by atoms with E-state index in [1.165, 1.54) is 19.3 Å². The number of nitrogens with one attached hydrogen (secondary N) is 1. The number of aliphatic hydroxyl groups excluding tert-OH is 1. The van der Waals surface area contributed by atoms with Crippen LogP contribution in [0.2, 0.25) is 0 Å². The largest absolute Gasteiger partial charge is 0.397 e. The number of nitrogen functional groups attached to an aromatic ring is 1. The zero-order chi connectivity index (χ0) is 13.0. The summed E-state index contributed by atoms with van der Waals surface area (Å²) in [5.74, 6) is 1.88. The lowest BCUT2D eigenvalue weighted by molar-refractivity contribution is 0.141. The second-order valence-electron chi connectivity index (χ2n) is 5.24. The van der Waals surface area contributed by atoms with Crippen LogP contribution in [-0.4, -0.2) is 23.2 Å². The van der Waals surface area contributed by atoms with Gasteiger partial charge in [-0.15, -0.1) is 0 Å². The Morgan fingerprint density at radius 2 is 2.06 bits per heavy atom. The summed E-state index contributed by atoms with van der Waals surface area (Å²) in [4.78, 5) is 4.41. The minimum Gasteiger partial charge on any atom is -0.397 e. The van der Waals surface area contributed by atoms with Gasteiger partial charge in [-0.1, -0.05) is 12.8 Å². The van der Waals surface area contributed by atoms with Gasteiger partial charge >= 0.3 is 0 Å². The average molecular weight is 249 g/mol. The summed E-state index contributed by atoms with van der Waals surface area (Å²) in [6.45, 7) is 3.11. The molecule has 1 aliphatic carbocycles. The van der Waals surface area contributed by atoms with Gasteiger partial charge in [0.1, 0.15) is 5.82 Å². The van der Waals surface area contributed by atoms with Crippen molar-refractivity contribution >= 4 is 11.5 Å². The van der Waals surface area contributed by atoms with Crippen molar-refractivity contribution in [1.29, 1.82) is 0 Å². The number of rotatable bonds is 4. The Morgan fingerprint density at radius 3 is 2.72 bits per heavy atom. The number of aromatic nitrogens is 1. The molecule has 1 aromatic heterocycles. The number of nitrogens with two attached hydrogens (primary N) is 1. The Hall–Kier alpha value is -1.29. The Bertz CT molecular complexity index is 395. The molecule has 0 saturated heterocycles. The van der Waals surface area contributed by atoms with Crippen molar-refractivity contribution in [3.05, 3.63) is 17.8 Å². The molecular formula is C14H23N3O. The molecule has 1 heterocycles. The second kappa shape index (κ2) is 6.05. The van der Waals surface area contributed by atoms with Crippen LogP contribution in [0.25, 0.3) is 0 Å². The van der Waals surface area contributed by atoms with Gasteiger partial charge in [-0.3, -0.25) is 0 Å². The lowest BCUT2D eigenvalue weighted by Crippen LogP contribution is -2.28. The molecule has 0 radical (unpaired) electrons. The monoisotopic (exact) mass is 249 g/mol. The lowest BCUT2D eigenvalue weighted by atomic mass is 9.79. The minimum atomic E-state index is 0.306. The van der Waals surface area contributed by atoms with Crippen molar-refractivity contribution in [3.63, 3.8) is 0 Å². The minimum absolute atomic E-state index is 0.306. The molecule has 0 aromatic carbocycles. The van der Waals surface area contributed by atoms with Crippen LogP contribution in [0.4, 0.5) is 11.5 Å². The van der Waals surface area contributed by atoms with E-state index in [4.69, 9.17) is 5.73 Å². The maximum absolute atomic E-state index is 9.38. The van der Waals surface area contributed by atoms with Crippen molar-refractivity contribution in [3.8, 4) is 0 Å². The van der Waals surface area contributed by atoms with E-state index in [0.29, 0.717) is 18.4 Å². The van der Waals surface area contributed by atoms with Crippen molar-refractivity contribution in [2.45, 2.75) is 32.6 Å². The highest BCUT2D eigenvalue weighted by atomic mass is 16.3. The predicted octanol–water partition coefficient (Wildman–Crippen LogP) is 2.18. The first kappa shape index (κ1) is 13.1. The van der Waals surface area contributed by atoms with Crippen LogP contribution in [0.3, 0.4) is 0 Å². The van der Waals surface area contributed by atoms with Crippen LogP contribution in [0.5, 0.6) is 0 Å². The molecule has 1 aliphatic rings. The number of hydrogen-bond acceptors (Lipinski definition) is 4. The van der Waals surface area contributed by atoms with E-state index in [1.807, 2.05) is 19.1 Å². The Kier molecular flexibility index (Phi) is 4.42. The van der Waals surface area contributed by atoms with Gasteiger partial charge in [0, 0.05) is 13.2 Å². The Balaban J connectivity index is 1.91. The molecule has 4 nitrogen and oxygen atoms in total. The molecule has 1 fully saturated rings. The third-order valence-corrected chi connectivity index (χ3v) is 3.97. The lowest BCUT2D eigenvalue weighted by Gasteiger charge is -2.30. The van der Waals surface area contributed by atoms with Crippen LogP contribution in [-0.2, 0) is 0 Å². The van der Waals surface area contributed by atoms with Crippen LogP contribution in [0.1, 0.15) is 31.4 Å². The Morgan fingerprint density at radius 1 is 1.33 bits per heavy atom. The third-order valence-electron chi connectivity index (χ3n) is 3.97. The summed E-state index contributed by atoms with van der Waals surface area (Å²) in [5, 5.41) is 12.7. The standard InChI is InChI=1S/C14H23N3O/c1-10-13(15)6-7-14(17-10)16-8-11-4-2-3-5-12(11)9-18/h6-7,11-12,18H,2-5,8-9,15H2,1H3,(H,16,17). The summed E-state index contributed by atoms with van der Waals surface area (Å²) < 4.78 is 0. The summed E-state index contributed by atoms with van der Waals surface area (Å²) in [7, 11) is 0. The molecule has 100 valence electrons. The van der Waals surface area contributed by atoms with Gasteiger partial charge < -0.3 is 16.2 Å². The van der Waals surface area contributed by atoms with E-state index in [1.54, 1.807) is 0 Å². The fourth-order valence-corrected chi connectivity index (χ4v) is 2.70. The molecule has 0 spiro atoms. The molecule has 4 heteroatoms. The topological polar surface area (TPSA) is 71.2 Å². The van der Waals surface area contributed by atoms with Crippen LogP contribution >= 0.6 is 0 Å². The van der Waals surface area contributed by atoms with Gasteiger partial charge in [0.05, 0.1) is 11.4 Å². The summed E-state index contributed by atoms with van der Waals surface area (Å²) >= 11 is 0. The van der Waals surface area contributed by atoms with E-state index in [2.05, 4.69) is 10.3 Å². The zero-order valence-corrected chi connectivity index (χ0v) is 11.0. The number of hydrogen-bond donors (Lipinski definition) is 3. The number of anilines is 2. The van der Waals surface area contributed by atoms with Gasteiger partial charge in [-0.25, -0.2) is 4.98 Å². The Labute approximate surface area is 109 Å². The van der Waals surface area contributed by atoms with Crippen LogP contribution in [0.15, 0.2) is 12.1 Å². The zero-order valence-electron chi connectivity index (χ0n) is 11.0. The maximum atomic E-state index is 9.38. The summed E-state index contributed by atoms with van der Waals surface area (Å²) in [5.41, 5.74) is 7.34. The molecule has 18 heavy (non-hydrogen) atoms. The molecule has 0 aliphatic heterocycles. The van der Waals surface area contributed by atoms with E-state index in [0.717, 1.165) is 30.2 Å². The molecule has 4 N–H and O–H groups in total. The molecule has 2 rings (SSSR count). The fraction of sp³-hybridized carbons (Fsp3) is 0.643. The number of pyridine rings is 1. The predicted molar refractivity (Wildman–Crippen MR) is 74.4 cm³/mol. The highest BCUT2D eigenvalue weighted by Crippen LogP contribution is 2.29. The van der Waals surface area contributed by atoms with E-state index < -0.39 is 0 Å². The van der Waals surface area contributed by atoms with E-state index in [-0.39, 0.29) is 0 Å². The third kappa shape index (κ3) is 3.13. The van der Waals surface area contributed by atoms with Crippen LogP contribution in [0, 0.1) is 18.8 Å². The molecule has 1 saturated carbocycles. The van der Waals surface area contributed by atoms with Gasteiger partial charge in [-0.2, -0.15) is 0 Å². The normalized spacial score (nSPS) is 23.9. The van der Waals surface area contributed by atoms with Gasteiger partial charge in [0.15, 0.2) is 0 Å². The smallest absolute Gasteiger partial charge is 0.126 e. The average Bonchev–Trinajstić information content (AvgIpc) is 2.40. The maximum Gasteiger partial charge on any atom is 0.126 e. The second-order valence-corrected chi connectivity index (χ2v) is 5.24. The number of aryl methyl sites for hydroxylation is 1. The van der Waals surface area contributed by atoms with E-state index in [9.17, 15) is 5.11 Å². The number of nitrogens with zero attached hydrogens (tertiary/aromatic N) is 1. The first-order valence-corrected chi connectivity index (χ1v) is 6.78. The van der Waals surface area contributed by atoms with Crippen molar-refractivity contribution in [2.75, 3.05) is 24.2 Å². The van der Waals surface area contributed by atoms with Crippen molar-refractivity contribution < 1.29 is 5.11 Å². The molecule has 2 unspecified atom stereocenters. The highest BCUT2D eigenvalue weighted by Gasteiger charge is 2.24. The molecule has 1 aromatic rings. The van der Waals surface area contributed by atoms with Gasteiger partial charge in [0.2, 0.25) is 0 Å². The SMILES string of the molecule is Cc1nc(NCC2CCCCC2CO)ccc1N. The van der Waals surface area contributed by atoms with Gasteiger partial charge in [0.25, 0.3) is 0 Å². The van der Waals surface area contributed by atoms with Crippen molar-refractivity contribution in [2.24, 2.45) is 11.8 Å². The molecule has 0 bridgehead atoms. The van der Waals surface area contributed by atoms with E-state index >= 15 is 0 Å². The quantitative estimate of drug-likeness (QED) is 0.765. The molecule has 2 atom stereocenters. The fourth-order valence-electron chi connectivity index (χ4n) is 2.70. The first-order chi connectivity index (χ1) is 8.70. The molecular weight excluding hydrogens is 226 g/mol. The molecule has 0 amide bonds.